The fourth-order valence-corrected chi connectivity index (χ4v) is 4.00. The molecule has 0 heterocycles. The van der Waals surface area contributed by atoms with E-state index >= 15 is 0 Å². The van der Waals surface area contributed by atoms with Gasteiger partial charge in [0.25, 0.3) is 5.91 Å². The number of hydrogen-bond donors (Lipinski definition) is 2. The zero-order chi connectivity index (χ0) is 23.7. The Hall–Kier alpha value is -3.65. The summed E-state index contributed by atoms with van der Waals surface area (Å²) in [7, 11) is -3.47. The van der Waals surface area contributed by atoms with Crippen LogP contribution in [0.4, 0.5) is 5.69 Å². The maximum Gasteiger partial charge on any atom is 0.338 e. The van der Waals surface area contributed by atoms with Crippen molar-refractivity contribution in [3.05, 3.63) is 102 Å². The number of rotatable bonds is 10. The Morgan fingerprint density at radius 1 is 0.879 bits per heavy atom. The summed E-state index contributed by atoms with van der Waals surface area (Å²) in [6.45, 7) is -0.0114. The summed E-state index contributed by atoms with van der Waals surface area (Å²) in [6, 6.07) is 26.0. The van der Waals surface area contributed by atoms with E-state index in [0.717, 1.165) is 17.4 Å². The van der Waals surface area contributed by atoms with Crippen molar-refractivity contribution in [3.8, 4) is 0 Å². The van der Waals surface area contributed by atoms with Crippen LogP contribution in [0.2, 0.25) is 0 Å². The van der Waals surface area contributed by atoms with Gasteiger partial charge in [0.1, 0.15) is 0 Å². The van der Waals surface area contributed by atoms with Gasteiger partial charge in [0.15, 0.2) is 6.61 Å². The Kier molecular flexibility index (Phi) is 8.21. The van der Waals surface area contributed by atoms with E-state index < -0.39 is 28.5 Å². The van der Waals surface area contributed by atoms with Crippen LogP contribution in [0, 0.1) is 0 Å². The number of carbonyl (C=O) groups excluding carboxylic acids is 2. The monoisotopic (exact) mass is 466 g/mol. The third kappa shape index (κ3) is 7.76. The minimum Gasteiger partial charge on any atom is -0.452 e. The van der Waals surface area contributed by atoms with Gasteiger partial charge < -0.3 is 10.1 Å². The van der Waals surface area contributed by atoms with Gasteiger partial charge >= 0.3 is 5.97 Å². The average molecular weight is 467 g/mol. The molecule has 0 spiro atoms. The van der Waals surface area contributed by atoms with E-state index in [1.54, 1.807) is 0 Å². The Bertz CT molecular complexity index is 1140. The summed E-state index contributed by atoms with van der Waals surface area (Å²) < 4.78 is 30.1. The molecule has 0 unspecified atom stereocenters. The predicted molar refractivity (Wildman–Crippen MR) is 128 cm³/mol. The van der Waals surface area contributed by atoms with Gasteiger partial charge in [0, 0.05) is 18.2 Å². The van der Waals surface area contributed by atoms with Crippen molar-refractivity contribution in [1.82, 2.24) is 5.32 Å². The maximum absolute atomic E-state index is 12.2. The highest BCUT2D eigenvalue weighted by Crippen LogP contribution is 2.27. The van der Waals surface area contributed by atoms with Crippen LogP contribution in [0.15, 0.2) is 84.9 Å². The topological polar surface area (TPSA) is 102 Å². The third-order valence-corrected chi connectivity index (χ3v) is 5.50. The standard InChI is InChI=1S/C25H26N2O5S/c1-33(30,31)27-22-14-8-13-21(17-22)25(29)32-18-24(28)26-16-15-23(19-9-4-2-5-10-19)20-11-6-3-7-12-20/h2-14,17,23,27H,15-16,18H2,1H3,(H,26,28). The van der Waals surface area contributed by atoms with Crippen molar-refractivity contribution in [2.24, 2.45) is 0 Å². The first-order valence-electron chi connectivity index (χ1n) is 10.4. The van der Waals surface area contributed by atoms with Gasteiger partial charge in [0.05, 0.1) is 11.8 Å². The highest BCUT2D eigenvalue weighted by Gasteiger charge is 2.15. The number of ether oxygens (including phenoxy) is 1. The first-order chi connectivity index (χ1) is 15.8. The van der Waals surface area contributed by atoms with Gasteiger partial charge in [-0.15, -0.1) is 0 Å². The molecular formula is C25H26N2O5S. The lowest BCUT2D eigenvalue weighted by atomic mass is 9.88. The van der Waals surface area contributed by atoms with E-state index in [9.17, 15) is 18.0 Å². The number of esters is 1. The number of benzene rings is 3. The van der Waals surface area contributed by atoms with Gasteiger partial charge in [-0.3, -0.25) is 9.52 Å². The van der Waals surface area contributed by atoms with Crippen molar-refractivity contribution in [2.75, 3.05) is 24.1 Å². The molecule has 3 aromatic rings. The molecule has 33 heavy (non-hydrogen) atoms. The molecule has 0 saturated carbocycles. The zero-order valence-corrected chi connectivity index (χ0v) is 19.0. The Balaban J connectivity index is 1.52. The summed E-state index contributed by atoms with van der Waals surface area (Å²) in [4.78, 5) is 24.4. The number of anilines is 1. The van der Waals surface area contributed by atoms with Crippen LogP contribution in [0.25, 0.3) is 0 Å². The maximum atomic E-state index is 12.2. The van der Waals surface area contributed by atoms with Crippen LogP contribution in [0.1, 0.15) is 33.8 Å². The number of amides is 1. The van der Waals surface area contributed by atoms with Crippen molar-refractivity contribution >= 4 is 27.6 Å². The minimum atomic E-state index is -3.47. The second-order valence-electron chi connectivity index (χ2n) is 7.54. The van der Waals surface area contributed by atoms with Gasteiger partial charge in [-0.2, -0.15) is 0 Å². The molecule has 0 radical (unpaired) electrons. The molecule has 1 amide bonds. The van der Waals surface area contributed by atoms with Crippen LogP contribution >= 0.6 is 0 Å². The minimum absolute atomic E-state index is 0.125. The van der Waals surface area contributed by atoms with E-state index in [4.69, 9.17) is 4.74 Å². The van der Waals surface area contributed by atoms with Crippen LogP contribution in [-0.4, -0.2) is 39.7 Å². The fourth-order valence-electron chi connectivity index (χ4n) is 3.44. The lowest BCUT2D eigenvalue weighted by Gasteiger charge is -2.18. The van der Waals surface area contributed by atoms with E-state index in [1.807, 2.05) is 36.4 Å². The van der Waals surface area contributed by atoms with Gasteiger partial charge in [-0.05, 0) is 35.7 Å². The Labute approximate surface area is 193 Å². The molecule has 0 aliphatic carbocycles. The third-order valence-electron chi connectivity index (χ3n) is 4.89. The second-order valence-corrected chi connectivity index (χ2v) is 9.29. The molecule has 3 aromatic carbocycles. The number of hydrogen-bond acceptors (Lipinski definition) is 5. The van der Waals surface area contributed by atoms with Gasteiger partial charge in [-0.25, -0.2) is 13.2 Å². The van der Waals surface area contributed by atoms with Crippen LogP contribution < -0.4 is 10.0 Å². The summed E-state index contributed by atoms with van der Waals surface area (Å²) in [5.41, 5.74) is 2.70. The smallest absolute Gasteiger partial charge is 0.338 e. The largest absolute Gasteiger partial charge is 0.452 e. The quantitative estimate of drug-likeness (QED) is 0.445. The molecule has 3 rings (SSSR count). The molecule has 8 heteroatoms. The fraction of sp³-hybridized carbons (Fsp3) is 0.200. The zero-order valence-electron chi connectivity index (χ0n) is 18.2. The summed E-state index contributed by atoms with van der Waals surface area (Å²) in [5, 5.41) is 2.79. The number of nitrogens with one attached hydrogen (secondary N) is 2. The molecule has 0 aromatic heterocycles. The predicted octanol–water partition coefficient (Wildman–Crippen LogP) is 3.55. The van der Waals surface area contributed by atoms with E-state index in [0.29, 0.717) is 13.0 Å². The molecule has 7 nitrogen and oxygen atoms in total. The molecule has 0 aliphatic heterocycles. The van der Waals surface area contributed by atoms with Crippen molar-refractivity contribution < 1.29 is 22.7 Å². The molecule has 0 saturated heterocycles. The second kappa shape index (κ2) is 11.3. The molecule has 0 atom stereocenters. The normalized spacial score (nSPS) is 11.1. The Morgan fingerprint density at radius 2 is 1.48 bits per heavy atom. The SMILES string of the molecule is CS(=O)(=O)Nc1cccc(C(=O)OCC(=O)NCCC(c2ccccc2)c2ccccc2)c1. The van der Waals surface area contributed by atoms with Gasteiger partial charge in [-0.1, -0.05) is 66.7 Å². The first kappa shape index (κ1) is 24.0. The van der Waals surface area contributed by atoms with Crippen LogP contribution in [-0.2, 0) is 19.6 Å². The first-order valence-corrected chi connectivity index (χ1v) is 12.3. The van der Waals surface area contributed by atoms with E-state index in [2.05, 4.69) is 34.3 Å². The molecule has 0 fully saturated rings. The average Bonchev–Trinajstić information content (AvgIpc) is 2.80. The molecular weight excluding hydrogens is 440 g/mol. The van der Waals surface area contributed by atoms with Crippen LogP contribution in [0.3, 0.4) is 0 Å². The van der Waals surface area contributed by atoms with Crippen molar-refractivity contribution in [3.63, 3.8) is 0 Å². The lowest BCUT2D eigenvalue weighted by molar-refractivity contribution is -0.124. The molecule has 2 N–H and O–H groups in total. The van der Waals surface area contributed by atoms with E-state index in [-0.39, 0.29) is 17.2 Å². The van der Waals surface area contributed by atoms with Crippen molar-refractivity contribution in [2.45, 2.75) is 12.3 Å². The highest BCUT2D eigenvalue weighted by molar-refractivity contribution is 7.92. The van der Waals surface area contributed by atoms with Crippen LogP contribution in [0.5, 0.6) is 0 Å². The Morgan fingerprint density at radius 3 is 2.06 bits per heavy atom. The van der Waals surface area contributed by atoms with Gasteiger partial charge in [0.2, 0.25) is 10.0 Å². The summed E-state index contributed by atoms with van der Waals surface area (Å²) in [6.07, 6.45) is 1.70. The van der Waals surface area contributed by atoms with E-state index in [1.165, 1.54) is 24.3 Å². The highest BCUT2D eigenvalue weighted by atomic mass is 32.2. The number of sulfonamides is 1. The molecule has 172 valence electrons. The van der Waals surface area contributed by atoms with Crippen molar-refractivity contribution in [1.29, 1.82) is 0 Å². The summed E-state index contributed by atoms with van der Waals surface area (Å²) in [5.74, 6) is -0.997. The summed E-state index contributed by atoms with van der Waals surface area (Å²) >= 11 is 0. The molecule has 0 aliphatic rings. The molecule has 0 bridgehead atoms. The number of carbonyl (C=O) groups is 2. The lowest BCUT2D eigenvalue weighted by Crippen LogP contribution is -2.30.